The normalized spacial score (nSPS) is 19.1. The minimum Gasteiger partial charge on any atom is -0.472 e. The van der Waals surface area contributed by atoms with Crippen LogP contribution in [-0.2, 0) is 10.0 Å². The predicted molar refractivity (Wildman–Crippen MR) is 137 cm³/mol. The molecule has 2 aromatic rings. The predicted octanol–water partition coefficient (Wildman–Crippen LogP) is 1.54. The number of pyridine rings is 1. The van der Waals surface area contributed by atoms with Crippen LogP contribution in [0.3, 0.4) is 0 Å². The van der Waals surface area contributed by atoms with Gasteiger partial charge in [0.25, 0.3) is 5.91 Å². The highest BCUT2D eigenvalue weighted by molar-refractivity contribution is 7.89. The molecule has 0 aliphatic carbocycles. The number of carbonyl (C=O) groups excluding carboxylic acids is 1. The maximum Gasteiger partial charge on any atom is 0.259 e. The standard InChI is InChI=1S/C26H34N4O5S/c1-19-16-30(20(2)18-31)26(32)23-14-21(10-9-13-28(3)4)15-27-25(23)35-24(19)17-29(5)36(33,34)22-11-7-6-8-12-22/h6-8,11-12,14-15,19-20,24,31H,13,16-18H2,1-5H3/t19-,20-,24+/m1/s1. The number of amides is 1. The highest BCUT2D eigenvalue weighted by atomic mass is 32.2. The summed E-state index contributed by atoms with van der Waals surface area (Å²) in [5.41, 5.74) is 0.801. The number of benzene rings is 1. The number of nitrogens with zero attached hydrogens (tertiary/aromatic N) is 4. The number of carbonyl (C=O) groups is 1. The van der Waals surface area contributed by atoms with E-state index < -0.39 is 22.2 Å². The van der Waals surface area contributed by atoms with Crippen LogP contribution in [0.2, 0.25) is 0 Å². The smallest absolute Gasteiger partial charge is 0.259 e. The number of fused-ring (bicyclic) bond motifs is 1. The summed E-state index contributed by atoms with van der Waals surface area (Å²) in [6.07, 6.45) is 0.953. The molecule has 9 nitrogen and oxygen atoms in total. The van der Waals surface area contributed by atoms with E-state index in [1.54, 1.807) is 54.4 Å². The van der Waals surface area contributed by atoms with Gasteiger partial charge in [0.1, 0.15) is 11.7 Å². The first-order valence-electron chi connectivity index (χ1n) is 11.8. The van der Waals surface area contributed by atoms with E-state index in [4.69, 9.17) is 4.74 Å². The number of rotatable bonds is 7. The maximum atomic E-state index is 13.5. The van der Waals surface area contributed by atoms with Gasteiger partial charge in [-0.3, -0.25) is 9.69 Å². The van der Waals surface area contributed by atoms with Gasteiger partial charge in [-0.2, -0.15) is 4.31 Å². The summed E-state index contributed by atoms with van der Waals surface area (Å²) >= 11 is 0. The van der Waals surface area contributed by atoms with Crippen molar-refractivity contribution in [1.29, 1.82) is 0 Å². The fourth-order valence-corrected chi connectivity index (χ4v) is 5.02. The molecular weight excluding hydrogens is 480 g/mol. The third-order valence-electron chi connectivity index (χ3n) is 6.04. The highest BCUT2D eigenvalue weighted by Crippen LogP contribution is 2.28. The summed E-state index contributed by atoms with van der Waals surface area (Å²) in [4.78, 5) is 21.6. The molecule has 2 heterocycles. The van der Waals surface area contributed by atoms with Crippen LogP contribution in [0.25, 0.3) is 0 Å². The Balaban J connectivity index is 1.97. The Morgan fingerprint density at radius 1 is 1.25 bits per heavy atom. The Hall–Kier alpha value is -2.97. The number of likely N-dealkylation sites (N-methyl/N-ethyl adjacent to an activating group) is 1. The molecule has 1 N–H and O–H groups in total. The average molecular weight is 515 g/mol. The van der Waals surface area contributed by atoms with Gasteiger partial charge in [0.2, 0.25) is 15.9 Å². The van der Waals surface area contributed by atoms with Crippen molar-refractivity contribution in [3.05, 3.63) is 53.7 Å². The second-order valence-corrected chi connectivity index (χ2v) is 11.4. The Bertz CT molecular complexity index is 1220. The summed E-state index contributed by atoms with van der Waals surface area (Å²) in [5, 5.41) is 9.81. The van der Waals surface area contributed by atoms with Crippen LogP contribution in [0.15, 0.2) is 47.5 Å². The van der Waals surface area contributed by atoms with Crippen molar-refractivity contribution in [1.82, 2.24) is 19.1 Å². The van der Waals surface area contributed by atoms with Crippen LogP contribution < -0.4 is 4.74 Å². The van der Waals surface area contributed by atoms with Gasteiger partial charge in [-0.15, -0.1) is 0 Å². The third-order valence-corrected chi connectivity index (χ3v) is 7.88. The zero-order valence-corrected chi connectivity index (χ0v) is 22.2. The molecule has 0 saturated heterocycles. The second-order valence-electron chi connectivity index (χ2n) is 9.34. The molecule has 10 heteroatoms. The molecule has 194 valence electrons. The van der Waals surface area contributed by atoms with Crippen LogP contribution in [0.4, 0.5) is 0 Å². The molecule has 0 unspecified atom stereocenters. The van der Waals surface area contributed by atoms with Crippen molar-refractivity contribution in [2.45, 2.75) is 30.9 Å². The Kier molecular flexibility index (Phi) is 9.08. The van der Waals surface area contributed by atoms with Crippen molar-refractivity contribution < 1.29 is 23.1 Å². The van der Waals surface area contributed by atoms with E-state index in [9.17, 15) is 18.3 Å². The van der Waals surface area contributed by atoms with Crippen molar-refractivity contribution in [2.24, 2.45) is 5.92 Å². The van der Waals surface area contributed by atoms with Crippen LogP contribution in [0, 0.1) is 17.8 Å². The Labute approximate surface area is 213 Å². The number of aliphatic hydroxyl groups is 1. The molecule has 1 aromatic heterocycles. The Morgan fingerprint density at radius 3 is 2.58 bits per heavy atom. The summed E-state index contributed by atoms with van der Waals surface area (Å²) < 4.78 is 33.7. The molecular formula is C26H34N4O5S. The molecule has 0 fully saturated rings. The summed E-state index contributed by atoms with van der Waals surface area (Å²) in [5.74, 6) is 5.60. The minimum absolute atomic E-state index is 0.0550. The Morgan fingerprint density at radius 2 is 1.94 bits per heavy atom. The number of sulfonamides is 1. The number of aliphatic hydroxyl groups excluding tert-OH is 1. The van der Waals surface area contributed by atoms with Crippen LogP contribution in [-0.4, -0.2) is 98.1 Å². The van der Waals surface area contributed by atoms with Crippen molar-refractivity contribution in [3.8, 4) is 17.7 Å². The van der Waals surface area contributed by atoms with Gasteiger partial charge in [0.05, 0.1) is 30.6 Å². The molecule has 1 amide bonds. The molecule has 3 rings (SSSR count). The molecule has 3 atom stereocenters. The molecule has 0 saturated carbocycles. The lowest BCUT2D eigenvalue weighted by Crippen LogP contribution is -2.50. The number of hydrogen-bond acceptors (Lipinski definition) is 7. The molecule has 1 aliphatic heterocycles. The van der Waals surface area contributed by atoms with E-state index in [0.717, 1.165) is 0 Å². The SMILES string of the molecule is C[C@@H]1CN([C@H](C)CO)C(=O)c2cc(C#CCN(C)C)cnc2O[C@H]1CN(C)S(=O)(=O)c1ccccc1. The van der Waals surface area contributed by atoms with Crippen molar-refractivity contribution in [3.63, 3.8) is 0 Å². The van der Waals surface area contributed by atoms with E-state index in [-0.39, 0.29) is 47.9 Å². The number of hydrogen-bond donors (Lipinski definition) is 1. The molecule has 0 spiro atoms. The molecule has 36 heavy (non-hydrogen) atoms. The zero-order chi connectivity index (χ0) is 26.5. The van der Waals surface area contributed by atoms with Crippen LogP contribution in [0.5, 0.6) is 5.88 Å². The third kappa shape index (κ3) is 6.42. The van der Waals surface area contributed by atoms with E-state index in [1.807, 2.05) is 25.9 Å². The quantitative estimate of drug-likeness (QED) is 0.559. The number of ether oxygens (including phenoxy) is 1. The zero-order valence-electron chi connectivity index (χ0n) is 21.4. The topological polar surface area (TPSA) is 103 Å². The summed E-state index contributed by atoms with van der Waals surface area (Å²) in [6.45, 7) is 4.33. The lowest BCUT2D eigenvalue weighted by atomic mass is 10.0. The fourth-order valence-electron chi connectivity index (χ4n) is 3.81. The molecule has 0 bridgehead atoms. The molecule has 1 aromatic carbocycles. The fraction of sp³-hybridized carbons (Fsp3) is 0.462. The van der Waals surface area contributed by atoms with Gasteiger partial charge in [-0.25, -0.2) is 13.4 Å². The van der Waals surface area contributed by atoms with Gasteiger partial charge in [-0.1, -0.05) is 37.0 Å². The lowest BCUT2D eigenvalue weighted by Gasteiger charge is -2.37. The number of aromatic nitrogens is 1. The van der Waals surface area contributed by atoms with E-state index in [1.165, 1.54) is 11.4 Å². The minimum atomic E-state index is -3.74. The van der Waals surface area contributed by atoms with E-state index in [2.05, 4.69) is 16.8 Å². The largest absolute Gasteiger partial charge is 0.472 e. The summed E-state index contributed by atoms with van der Waals surface area (Å²) in [6, 6.07) is 9.40. The molecule has 0 radical (unpaired) electrons. The molecule has 1 aliphatic rings. The van der Waals surface area contributed by atoms with Gasteiger partial charge in [-0.05, 0) is 39.2 Å². The van der Waals surface area contributed by atoms with Crippen LogP contribution in [0.1, 0.15) is 29.8 Å². The van der Waals surface area contributed by atoms with E-state index >= 15 is 0 Å². The first-order valence-corrected chi connectivity index (χ1v) is 13.2. The van der Waals surface area contributed by atoms with Crippen molar-refractivity contribution >= 4 is 15.9 Å². The summed E-state index contributed by atoms with van der Waals surface area (Å²) in [7, 11) is 1.59. The monoisotopic (exact) mass is 514 g/mol. The highest BCUT2D eigenvalue weighted by Gasteiger charge is 2.35. The average Bonchev–Trinajstić information content (AvgIpc) is 2.86. The first kappa shape index (κ1) is 27.6. The second kappa shape index (κ2) is 11.8. The van der Waals surface area contributed by atoms with Gasteiger partial charge in [0, 0.05) is 31.3 Å². The maximum absolute atomic E-state index is 13.5. The lowest BCUT2D eigenvalue weighted by molar-refractivity contribution is 0.0373. The van der Waals surface area contributed by atoms with Gasteiger partial charge < -0.3 is 14.7 Å². The van der Waals surface area contributed by atoms with Gasteiger partial charge >= 0.3 is 0 Å². The van der Waals surface area contributed by atoms with E-state index in [0.29, 0.717) is 12.1 Å². The van der Waals surface area contributed by atoms with Gasteiger partial charge in [0.15, 0.2) is 0 Å². The first-order chi connectivity index (χ1) is 17.0. The van der Waals surface area contributed by atoms with Crippen LogP contribution >= 0.6 is 0 Å². The van der Waals surface area contributed by atoms with Crippen molar-refractivity contribution in [2.75, 3.05) is 47.4 Å².